The van der Waals surface area contributed by atoms with Crippen LogP contribution in [0.3, 0.4) is 0 Å². The molecule has 0 radical (unpaired) electrons. The maximum Gasteiger partial charge on any atom is 0.146 e. The van der Waals surface area contributed by atoms with Gasteiger partial charge in [0.05, 0.1) is 24.7 Å². The van der Waals surface area contributed by atoms with Crippen molar-refractivity contribution < 1.29 is 9.47 Å². The van der Waals surface area contributed by atoms with Crippen LogP contribution in [0.4, 0.5) is 0 Å². The smallest absolute Gasteiger partial charge is 0.146 e. The first-order valence-corrected chi connectivity index (χ1v) is 8.45. The lowest BCUT2D eigenvalue weighted by atomic mass is 10.0. The Labute approximate surface area is 150 Å². The predicted molar refractivity (Wildman–Crippen MR) is 102 cm³/mol. The van der Waals surface area contributed by atoms with Crippen LogP contribution in [0.15, 0.2) is 47.6 Å². The summed E-state index contributed by atoms with van der Waals surface area (Å²) in [6.07, 6.45) is 4.75. The maximum absolute atomic E-state index is 5.36. The number of rotatable bonds is 9. The Bertz CT molecular complexity index is 654. The molecule has 0 bridgehead atoms. The van der Waals surface area contributed by atoms with E-state index in [1.54, 1.807) is 14.2 Å². The zero-order valence-corrected chi connectivity index (χ0v) is 15.5. The molecule has 0 amide bonds. The molecule has 0 aliphatic carbocycles. The predicted octanol–water partition coefficient (Wildman–Crippen LogP) is 3.91. The van der Waals surface area contributed by atoms with Crippen molar-refractivity contribution in [2.24, 2.45) is 4.99 Å². The van der Waals surface area contributed by atoms with Gasteiger partial charge in [-0.2, -0.15) is 0 Å². The number of hydrogen-bond donors (Lipinski definition) is 0. The molecule has 25 heavy (non-hydrogen) atoms. The molecule has 5 heteroatoms. The third kappa shape index (κ3) is 5.37. The molecule has 134 valence electrons. The van der Waals surface area contributed by atoms with Crippen molar-refractivity contribution in [3.63, 3.8) is 0 Å². The zero-order valence-electron chi connectivity index (χ0n) is 15.5. The molecule has 0 N–H and O–H groups in total. The lowest BCUT2D eigenvalue weighted by Crippen LogP contribution is -2.23. The van der Waals surface area contributed by atoms with Crippen LogP contribution in [-0.4, -0.2) is 44.2 Å². The van der Waals surface area contributed by atoms with E-state index in [2.05, 4.69) is 58.2 Å². The van der Waals surface area contributed by atoms with Gasteiger partial charge in [0.1, 0.15) is 6.79 Å². The Morgan fingerprint density at radius 1 is 1.16 bits per heavy atom. The fourth-order valence-corrected chi connectivity index (χ4v) is 2.78. The fraction of sp³-hybridized carbons (Fsp3) is 0.400. The molecule has 1 unspecified atom stereocenters. The quantitative estimate of drug-likeness (QED) is 0.300. The zero-order chi connectivity index (χ0) is 18.1. The van der Waals surface area contributed by atoms with Gasteiger partial charge in [0.2, 0.25) is 0 Å². The van der Waals surface area contributed by atoms with Crippen molar-refractivity contribution in [2.75, 3.05) is 28.0 Å². The van der Waals surface area contributed by atoms with E-state index >= 15 is 0 Å². The Hall–Kier alpha value is -2.24. The number of hydrogen-bond acceptors (Lipinski definition) is 4. The number of aromatic nitrogens is 1. The summed E-state index contributed by atoms with van der Waals surface area (Å²) < 4.78 is 10.2. The Kier molecular flexibility index (Phi) is 7.57. The van der Waals surface area contributed by atoms with Crippen LogP contribution in [0, 0.1) is 0 Å². The van der Waals surface area contributed by atoms with Gasteiger partial charge in [-0.3, -0.25) is 9.98 Å². The first-order chi connectivity index (χ1) is 12.2. The van der Waals surface area contributed by atoms with Gasteiger partial charge in [-0.1, -0.05) is 37.3 Å². The molecule has 0 aliphatic rings. The minimum Gasteiger partial charge on any atom is -0.359 e. The third-order valence-electron chi connectivity index (χ3n) is 4.06. The van der Waals surface area contributed by atoms with Crippen molar-refractivity contribution in [3.05, 3.63) is 53.9 Å². The first-order valence-electron chi connectivity index (χ1n) is 8.45. The summed E-state index contributed by atoms with van der Waals surface area (Å²) >= 11 is 0. The summed E-state index contributed by atoms with van der Waals surface area (Å²) in [6.45, 7) is 3.02. The van der Waals surface area contributed by atoms with Crippen molar-refractivity contribution in [1.29, 1.82) is 0 Å². The second-order valence-corrected chi connectivity index (χ2v) is 5.89. The van der Waals surface area contributed by atoms with Gasteiger partial charge in [0.15, 0.2) is 0 Å². The maximum atomic E-state index is 5.36. The average Bonchev–Trinajstić information content (AvgIpc) is 2.64. The van der Waals surface area contributed by atoms with E-state index in [1.807, 2.05) is 19.6 Å². The largest absolute Gasteiger partial charge is 0.359 e. The highest BCUT2D eigenvalue weighted by Crippen LogP contribution is 2.24. The van der Waals surface area contributed by atoms with E-state index in [1.165, 1.54) is 0 Å². The monoisotopic (exact) mass is 341 g/mol. The van der Waals surface area contributed by atoms with E-state index in [0.717, 1.165) is 28.8 Å². The summed E-state index contributed by atoms with van der Waals surface area (Å²) in [4.78, 5) is 10.8. The molecule has 0 saturated carbocycles. The van der Waals surface area contributed by atoms with Crippen molar-refractivity contribution in [1.82, 2.24) is 9.88 Å². The van der Waals surface area contributed by atoms with E-state index < -0.39 is 0 Å². The number of pyridine rings is 1. The second kappa shape index (κ2) is 9.91. The van der Waals surface area contributed by atoms with E-state index in [4.69, 9.17) is 9.47 Å². The molecule has 0 fully saturated rings. The fourth-order valence-electron chi connectivity index (χ4n) is 2.78. The molecule has 1 aromatic carbocycles. The molecular formula is C20H27N3O2. The number of nitrogens with zero attached hydrogens (tertiary/aromatic N) is 3. The number of aliphatic imine (C=N–C) groups is 1. The molecule has 1 aromatic heterocycles. The van der Waals surface area contributed by atoms with Crippen molar-refractivity contribution >= 4 is 6.34 Å². The van der Waals surface area contributed by atoms with E-state index in [9.17, 15) is 0 Å². The van der Waals surface area contributed by atoms with Crippen LogP contribution < -0.4 is 0 Å². The Morgan fingerprint density at radius 3 is 2.44 bits per heavy atom. The van der Waals surface area contributed by atoms with Crippen LogP contribution in [0.2, 0.25) is 0 Å². The summed E-state index contributed by atoms with van der Waals surface area (Å²) in [5.74, 6) is 0. The van der Waals surface area contributed by atoms with Crippen LogP contribution in [0.25, 0.3) is 11.1 Å². The molecule has 0 saturated heterocycles. The van der Waals surface area contributed by atoms with Crippen LogP contribution in [-0.2, 0) is 16.1 Å². The molecule has 0 spiro atoms. The van der Waals surface area contributed by atoms with Crippen molar-refractivity contribution in [2.45, 2.75) is 26.0 Å². The summed E-state index contributed by atoms with van der Waals surface area (Å²) in [7, 11) is 5.43. The number of methoxy groups -OCH3 is 1. The molecule has 5 nitrogen and oxygen atoms in total. The van der Waals surface area contributed by atoms with Gasteiger partial charge in [0.25, 0.3) is 0 Å². The topological polar surface area (TPSA) is 47.0 Å². The molecule has 2 aromatic rings. The van der Waals surface area contributed by atoms with E-state index in [-0.39, 0.29) is 6.04 Å². The van der Waals surface area contributed by atoms with Gasteiger partial charge >= 0.3 is 0 Å². The molecule has 2 rings (SSSR count). The van der Waals surface area contributed by atoms with Gasteiger partial charge in [-0.05, 0) is 23.6 Å². The average molecular weight is 341 g/mol. The normalized spacial score (nSPS) is 12.5. The summed E-state index contributed by atoms with van der Waals surface area (Å²) in [5.41, 5.74) is 4.43. The number of benzene rings is 1. The lowest BCUT2D eigenvalue weighted by Gasteiger charge is -2.24. The minimum atomic E-state index is 0.234. The molecule has 1 atom stereocenters. The molecular weight excluding hydrogens is 314 g/mol. The number of ether oxygens (including phenoxy) is 2. The molecule has 0 aliphatic heterocycles. The lowest BCUT2D eigenvalue weighted by molar-refractivity contribution is -0.0390. The highest BCUT2D eigenvalue weighted by atomic mass is 16.7. The standard InChI is InChI=1S/C20H27N3O2/c1-5-20(23(3)14-21-2)19-11-10-18(12-22-19)17-8-6-16(7-9-17)13-25-15-24-4/h6-12,14,20H,5,13,15H2,1-4H3/b21-14-. The highest BCUT2D eigenvalue weighted by Gasteiger charge is 2.14. The van der Waals surface area contributed by atoms with Gasteiger partial charge < -0.3 is 14.4 Å². The molecule has 1 heterocycles. The first kappa shape index (κ1) is 19.1. The van der Waals surface area contributed by atoms with Gasteiger partial charge in [0, 0.05) is 33.0 Å². The SMILES string of the molecule is CCC(c1ccc(-c2ccc(COCOC)cc2)cn1)N(C)/C=N\C. The Balaban J connectivity index is 2.08. The van der Waals surface area contributed by atoms with E-state index in [0.29, 0.717) is 13.4 Å². The van der Waals surface area contributed by atoms with Gasteiger partial charge in [-0.15, -0.1) is 0 Å². The third-order valence-corrected chi connectivity index (χ3v) is 4.06. The highest BCUT2D eigenvalue weighted by molar-refractivity contribution is 5.63. The summed E-state index contributed by atoms with van der Waals surface area (Å²) in [6, 6.07) is 12.8. The van der Waals surface area contributed by atoms with Crippen LogP contribution in [0.5, 0.6) is 0 Å². The van der Waals surface area contributed by atoms with Gasteiger partial charge in [-0.25, -0.2) is 0 Å². The Morgan fingerprint density at radius 2 is 1.88 bits per heavy atom. The summed E-state index contributed by atoms with van der Waals surface area (Å²) in [5, 5.41) is 0. The van der Waals surface area contributed by atoms with Crippen LogP contribution in [0.1, 0.15) is 30.6 Å². The second-order valence-electron chi connectivity index (χ2n) is 5.89. The van der Waals surface area contributed by atoms with Crippen molar-refractivity contribution in [3.8, 4) is 11.1 Å². The van der Waals surface area contributed by atoms with Crippen LogP contribution >= 0.6 is 0 Å². The minimum absolute atomic E-state index is 0.234.